The Kier molecular flexibility index (Phi) is 3.72. The molecule has 1 unspecified atom stereocenters. The quantitative estimate of drug-likeness (QED) is 0.668. The van der Waals surface area contributed by atoms with Crippen molar-refractivity contribution in [3.05, 3.63) is 0 Å². The van der Waals surface area contributed by atoms with E-state index >= 15 is 0 Å². The molecule has 0 spiro atoms. The van der Waals surface area contributed by atoms with E-state index in [1.54, 1.807) is 0 Å². The van der Waals surface area contributed by atoms with E-state index in [-0.39, 0.29) is 5.97 Å². The van der Waals surface area contributed by atoms with E-state index < -0.39 is 17.5 Å². The molecular weight excluding hydrogens is 196 g/mol. The summed E-state index contributed by atoms with van der Waals surface area (Å²) < 4.78 is 9.85. The maximum atomic E-state index is 11.7. The van der Waals surface area contributed by atoms with E-state index in [1.165, 1.54) is 0 Å². The average Bonchev–Trinajstić information content (AvgIpc) is 2.52. The van der Waals surface area contributed by atoms with Gasteiger partial charge in [-0.2, -0.15) is 0 Å². The molecule has 0 N–H and O–H groups in total. The van der Waals surface area contributed by atoms with Gasteiger partial charge in [-0.05, 0) is 20.3 Å². The number of rotatable bonds is 4. The smallest absolute Gasteiger partial charge is 0.347 e. The predicted molar refractivity (Wildman–Crippen MR) is 54.1 cm³/mol. The molecular formula is C11H18O4. The monoisotopic (exact) mass is 214 g/mol. The minimum Gasteiger partial charge on any atom is -0.463 e. The summed E-state index contributed by atoms with van der Waals surface area (Å²) in [6.45, 7) is 6.03. The normalized spacial score (nSPS) is 21.3. The number of carbonyl (C=O) groups excluding carboxylic acids is 2. The SMILES string of the molecule is CCCC(C)(C)C(=O)OC1CCOC1=O. The number of carbonyl (C=O) groups is 2. The summed E-state index contributed by atoms with van der Waals surface area (Å²) in [4.78, 5) is 22.8. The van der Waals surface area contributed by atoms with E-state index in [4.69, 9.17) is 9.47 Å². The first-order chi connectivity index (χ1) is 6.97. The Morgan fingerprint density at radius 1 is 1.60 bits per heavy atom. The molecule has 15 heavy (non-hydrogen) atoms. The minimum absolute atomic E-state index is 0.312. The zero-order valence-corrected chi connectivity index (χ0v) is 9.54. The van der Waals surface area contributed by atoms with Crippen LogP contribution in [-0.2, 0) is 19.1 Å². The van der Waals surface area contributed by atoms with E-state index in [1.807, 2.05) is 20.8 Å². The van der Waals surface area contributed by atoms with Gasteiger partial charge < -0.3 is 9.47 Å². The zero-order chi connectivity index (χ0) is 11.5. The molecule has 0 aromatic heterocycles. The van der Waals surface area contributed by atoms with Crippen LogP contribution in [0.3, 0.4) is 0 Å². The molecule has 4 nitrogen and oxygen atoms in total. The third kappa shape index (κ3) is 2.94. The Bertz CT molecular complexity index is 257. The molecule has 1 rings (SSSR count). The first kappa shape index (κ1) is 12.0. The lowest BCUT2D eigenvalue weighted by Crippen LogP contribution is -2.32. The highest BCUT2D eigenvalue weighted by molar-refractivity contribution is 5.82. The van der Waals surface area contributed by atoms with Crippen molar-refractivity contribution in [2.24, 2.45) is 5.41 Å². The Hall–Kier alpha value is -1.06. The highest BCUT2D eigenvalue weighted by Crippen LogP contribution is 2.25. The van der Waals surface area contributed by atoms with Crippen molar-refractivity contribution >= 4 is 11.9 Å². The van der Waals surface area contributed by atoms with Gasteiger partial charge in [0.25, 0.3) is 0 Å². The third-order valence-electron chi connectivity index (χ3n) is 2.56. The lowest BCUT2D eigenvalue weighted by atomic mass is 9.88. The molecule has 0 aliphatic carbocycles. The molecule has 0 aromatic carbocycles. The van der Waals surface area contributed by atoms with Gasteiger partial charge in [0.2, 0.25) is 6.10 Å². The second-order valence-electron chi connectivity index (χ2n) is 4.48. The molecule has 86 valence electrons. The van der Waals surface area contributed by atoms with Crippen molar-refractivity contribution in [2.75, 3.05) is 6.61 Å². The van der Waals surface area contributed by atoms with Crippen LogP contribution in [0, 0.1) is 5.41 Å². The summed E-state index contributed by atoms with van der Waals surface area (Å²) >= 11 is 0. The molecule has 4 heteroatoms. The lowest BCUT2D eigenvalue weighted by molar-refractivity contribution is -0.167. The highest BCUT2D eigenvalue weighted by Gasteiger charge is 2.35. The van der Waals surface area contributed by atoms with E-state index in [0.29, 0.717) is 13.0 Å². The van der Waals surface area contributed by atoms with Crippen molar-refractivity contribution in [3.63, 3.8) is 0 Å². The number of ether oxygens (including phenoxy) is 2. The third-order valence-corrected chi connectivity index (χ3v) is 2.56. The van der Waals surface area contributed by atoms with Crippen LogP contribution in [0.25, 0.3) is 0 Å². The standard InChI is InChI=1S/C11H18O4/c1-4-6-11(2,3)10(13)15-8-5-7-14-9(8)12/h8H,4-7H2,1-3H3. The lowest BCUT2D eigenvalue weighted by Gasteiger charge is -2.22. The van der Waals surface area contributed by atoms with Crippen LogP contribution in [0.15, 0.2) is 0 Å². The van der Waals surface area contributed by atoms with Crippen molar-refractivity contribution in [3.8, 4) is 0 Å². The van der Waals surface area contributed by atoms with Gasteiger partial charge in [-0.15, -0.1) is 0 Å². The van der Waals surface area contributed by atoms with Gasteiger partial charge in [0.1, 0.15) is 0 Å². The first-order valence-corrected chi connectivity index (χ1v) is 5.35. The molecule has 1 aliphatic heterocycles. The van der Waals surface area contributed by atoms with Gasteiger partial charge in [0.15, 0.2) is 0 Å². The summed E-state index contributed by atoms with van der Waals surface area (Å²) in [5.74, 6) is -0.733. The summed E-state index contributed by atoms with van der Waals surface area (Å²) in [5.41, 5.74) is -0.516. The maximum absolute atomic E-state index is 11.7. The van der Waals surface area contributed by atoms with Crippen LogP contribution in [0.5, 0.6) is 0 Å². The second kappa shape index (κ2) is 4.64. The highest BCUT2D eigenvalue weighted by atomic mass is 16.6. The van der Waals surface area contributed by atoms with Gasteiger partial charge in [0, 0.05) is 6.42 Å². The van der Waals surface area contributed by atoms with Crippen LogP contribution in [-0.4, -0.2) is 24.6 Å². The number of cyclic esters (lactones) is 1. The topological polar surface area (TPSA) is 52.6 Å². The molecule has 1 aliphatic rings. The molecule has 0 amide bonds. The number of hydrogen-bond donors (Lipinski definition) is 0. The van der Waals surface area contributed by atoms with Crippen LogP contribution >= 0.6 is 0 Å². The fourth-order valence-corrected chi connectivity index (χ4v) is 1.60. The Morgan fingerprint density at radius 2 is 2.27 bits per heavy atom. The van der Waals surface area contributed by atoms with Gasteiger partial charge in [-0.3, -0.25) is 4.79 Å². The van der Waals surface area contributed by atoms with E-state index in [9.17, 15) is 9.59 Å². The molecule has 0 bridgehead atoms. The summed E-state index contributed by atoms with van der Waals surface area (Å²) in [6, 6.07) is 0. The van der Waals surface area contributed by atoms with Gasteiger partial charge >= 0.3 is 11.9 Å². The molecule has 1 saturated heterocycles. The van der Waals surface area contributed by atoms with E-state index in [0.717, 1.165) is 12.8 Å². The fourth-order valence-electron chi connectivity index (χ4n) is 1.60. The maximum Gasteiger partial charge on any atom is 0.347 e. The molecule has 1 heterocycles. The van der Waals surface area contributed by atoms with Crippen molar-refractivity contribution in [1.82, 2.24) is 0 Å². The van der Waals surface area contributed by atoms with Gasteiger partial charge in [0.05, 0.1) is 12.0 Å². The van der Waals surface area contributed by atoms with Crippen LogP contribution in [0.1, 0.15) is 40.0 Å². The summed E-state index contributed by atoms with van der Waals surface area (Å²) in [5, 5.41) is 0. The minimum atomic E-state index is -0.686. The Labute approximate surface area is 89.9 Å². The summed E-state index contributed by atoms with van der Waals surface area (Å²) in [7, 11) is 0. The van der Waals surface area contributed by atoms with Crippen LogP contribution < -0.4 is 0 Å². The number of esters is 2. The first-order valence-electron chi connectivity index (χ1n) is 5.35. The Morgan fingerprint density at radius 3 is 2.73 bits per heavy atom. The Balaban J connectivity index is 2.50. The van der Waals surface area contributed by atoms with Gasteiger partial charge in [-0.25, -0.2) is 4.79 Å². The van der Waals surface area contributed by atoms with Crippen molar-refractivity contribution in [2.45, 2.75) is 46.1 Å². The predicted octanol–water partition coefficient (Wildman–Crippen LogP) is 1.67. The van der Waals surface area contributed by atoms with E-state index in [2.05, 4.69) is 0 Å². The molecule has 0 aromatic rings. The van der Waals surface area contributed by atoms with Crippen LogP contribution in [0.2, 0.25) is 0 Å². The molecule has 0 saturated carbocycles. The molecule has 0 radical (unpaired) electrons. The van der Waals surface area contributed by atoms with Gasteiger partial charge in [-0.1, -0.05) is 13.3 Å². The average molecular weight is 214 g/mol. The zero-order valence-electron chi connectivity index (χ0n) is 9.54. The largest absolute Gasteiger partial charge is 0.463 e. The van der Waals surface area contributed by atoms with Crippen molar-refractivity contribution < 1.29 is 19.1 Å². The van der Waals surface area contributed by atoms with Crippen molar-refractivity contribution in [1.29, 1.82) is 0 Å². The van der Waals surface area contributed by atoms with Crippen LogP contribution in [0.4, 0.5) is 0 Å². The number of hydrogen-bond acceptors (Lipinski definition) is 4. The summed E-state index contributed by atoms with van der Waals surface area (Å²) in [6.07, 6.45) is 1.46. The molecule has 1 fully saturated rings. The fraction of sp³-hybridized carbons (Fsp3) is 0.818. The second-order valence-corrected chi connectivity index (χ2v) is 4.48. The molecule has 1 atom stereocenters.